The molecule has 0 saturated carbocycles. The van der Waals surface area contributed by atoms with Gasteiger partial charge in [-0.2, -0.15) is 0 Å². The monoisotopic (exact) mass is 948 g/mol. The number of hydrogen-bond donors (Lipinski definition) is 1. The van der Waals surface area contributed by atoms with Gasteiger partial charge in [0.1, 0.15) is 5.82 Å². The number of fused-ring (bicyclic) bond motifs is 14. The highest BCUT2D eigenvalue weighted by molar-refractivity contribution is 6.74. The molecule has 0 saturated heterocycles. The maximum Gasteiger partial charge on any atom is 0.198 e. The van der Waals surface area contributed by atoms with E-state index in [4.69, 9.17) is 4.98 Å². The zero-order valence-electron chi connectivity index (χ0n) is 44.6. The number of nitrogens with zero attached hydrogens (tertiary/aromatic N) is 3. The van der Waals surface area contributed by atoms with Crippen molar-refractivity contribution in [3.05, 3.63) is 178 Å². The maximum atomic E-state index is 5.41. The van der Waals surface area contributed by atoms with Gasteiger partial charge in [0.2, 0.25) is 0 Å². The first kappa shape index (κ1) is 44.6. The van der Waals surface area contributed by atoms with Crippen molar-refractivity contribution in [2.24, 2.45) is 7.05 Å². The molecular weight excluding hydrogens is 884 g/mol. The van der Waals surface area contributed by atoms with Gasteiger partial charge in [0.15, 0.2) is 7.28 Å². The molecule has 0 atom stereocenters. The van der Waals surface area contributed by atoms with Crippen LogP contribution >= 0.6 is 0 Å². The first-order valence-corrected chi connectivity index (χ1v) is 26.6. The molecule has 4 nitrogen and oxygen atoms in total. The molecular formula is C68H64BN4. The number of aryl methyl sites for hydroxylation is 1. The molecule has 0 unspecified atom stereocenters. The molecule has 1 N–H and O–H groups in total. The molecule has 0 bridgehead atoms. The summed E-state index contributed by atoms with van der Waals surface area (Å²) in [6, 6.07) is 53.4. The fourth-order valence-corrected chi connectivity index (χ4v) is 14.1. The zero-order valence-corrected chi connectivity index (χ0v) is 44.6. The average Bonchev–Trinajstić information content (AvgIpc) is 4.03. The Morgan fingerprint density at radius 3 is 1.92 bits per heavy atom. The highest BCUT2D eigenvalue weighted by atomic mass is 15.1. The van der Waals surface area contributed by atoms with Crippen molar-refractivity contribution < 1.29 is 0 Å². The van der Waals surface area contributed by atoms with E-state index in [0.717, 1.165) is 46.6 Å². The van der Waals surface area contributed by atoms with Crippen molar-refractivity contribution >= 4 is 62.4 Å². The Kier molecular flexibility index (Phi) is 8.89. The Bertz CT molecular complexity index is 4050. The number of anilines is 2. The summed E-state index contributed by atoms with van der Waals surface area (Å²) in [5, 5.41) is 6.86. The van der Waals surface area contributed by atoms with E-state index in [2.05, 4.69) is 244 Å². The van der Waals surface area contributed by atoms with E-state index in [9.17, 15) is 0 Å². The summed E-state index contributed by atoms with van der Waals surface area (Å²) in [4.78, 5) is 5.41. The maximum absolute atomic E-state index is 5.41. The molecule has 4 aliphatic rings. The van der Waals surface area contributed by atoms with Gasteiger partial charge in [-0.25, -0.2) is 4.98 Å². The average molecular weight is 948 g/mol. The van der Waals surface area contributed by atoms with Crippen LogP contribution < -0.4 is 16.2 Å². The SMILES string of the molecule is Cn1c(-c2ccccc2)nc2cc3c(cc21)-n1c2cc4c(cc2c2c5c(c(-c6cc7c(cc6Nc6ccc(C(C)(C)C)cc6)C(C)(C)c6ccccc6-7)c(c21)[B]3)-c1ccccc1C5(C)C)C(C)(C)CCC4(C)C. The third-order valence-electron chi connectivity index (χ3n) is 18.3. The van der Waals surface area contributed by atoms with Gasteiger partial charge in [-0.15, -0.1) is 0 Å². The first-order chi connectivity index (χ1) is 34.7. The summed E-state index contributed by atoms with van der Waals surface area (Å²) in [6.07, 6.45) is 2.31. The highest BCUT2D eigenvalue weighted by Crippen LogP contribution is 2.60. The number of nitrogens with one attached hydrogen (secondary N) is 1. The second kappa shape index (κ2) is 14.6. The van der Waals surface area contributed by atoms with E-state index in [1.54, 1.807) is 0 Å². The summed E-state index contributed by atoms with van der Waals surface area (Å²) in [5.74, 6) is 0.974. The number of imidazole rings is 1. The fraction of sp³-hybridized carbons (Fsp3) is 0.279. The molecule has 0 amide bonds. The summed E-state index contributed by atoms with van der Waals surface area (Å²) < 4.78 is 4.98. The number of rotatable bonds is 4. The predicted octanol–water partition coefficient (Wildman–Crippen LogP) is 16.0. The summed E-state index contributed by atoms with van der Waals surface area (Å²) in [7, 11) is 4.72. The van der Waals surface area contributed by atoms with Crippen LogP contribution in [0.5, 0.6) is 0 Å². The van der Waals surface area contributed by atoms with Crippen LogP contribution in [0.3, 0.4) is 0 Å². The molecule has 5 heteroatoms. The molecule has 3 heterocycles. The topological polar surface area (TPSA) is 34.8 Å². The zero-order chi connectivity index (χ0) is 50.5. The normalized spacial score (nSPS) is 16.9. The van der Waals surface area contributed by atoms with E-state index in [1.807, 2.05) is 0 Å². The predicted molar refractivity (Wildman–Crippen MR) is 310 cm³/mol. The van der Waals surface area contributed by atoms with E-state index < -0.39 is 0 Å². The fourth-order valence-electron chi connectivity index (χ4n) is 14.1. The standard InChI is InChI=1S/C68H64BN4/c1-64(2,3)39-26-28-40(29-27-39)70-52-34-48-43(41-22-16-18-24-46(41)67(48,8)9)32-44(52)58-57-42-23-17-19-25-47(42)68(10,11)60(57)59-45-33-49-50(66(6,7)31-30-65(49,4)5)35-54(45)73-55-37-56-53(36-51(55)69-61(58)62(59)73)71-63(72(56)12)38-20-14-13-15-21-38/h13-29,32-37,70H,30-31H2,1-12H3. The summed E-state index contributed by atoms with van der Waals surface area (Å²) in [5.41, 5.74) is 28.9. The van der Waals surface area contributed by atoms with Gasteiger partial charge in [-0.05, 0) is 150 Å². The minimum absolute atomic E-state index is 0.0293. The third kappa shape index (κ3) is 6.06. The molecule has 0 spiro atoms. The van der Waals surface area contributed by atoms with Crippen LogP contribution in [0.2, 0.25) is 0 Å². The van der Waals surface area contributed by atoms with Crippen LogP contribution in [0.4, 0.5) is 11.4 Å². The Balaban J connectivity index is 1.16. The van der Waals surface area contributed by atoms with Crippen molar-refractivity contribution in [1.82, 2.24) is 14.1 Å². The lowest BCUT2D eigenvalue weighted by Gasteiger charge is -2.42. The van der Waals surface area contributed by atoms with Crippen molar-refractivity contribution in [1.29, 1.82) is 0 Å². The Labute approximate surface area is 431 Å². The first-order valence-electron chi connectivity index (χ1n) is 26.6. The molecule has 1 aliphatic heterocycles. The van der Waals surface area contributed by atoms with Crippen LogP contribution in [-0.4, -0.2) is 21.4 Å². The molecule has 1 radical (unpaired) electrons. The van der Waals surface area contributed by atoms with E-state index in [1.165, 1.54) is 111 Å². The van der Waals surface area contributed by atoms with E-state index in [-0.39, 0.29) is 27.1 Å². The van der Waals surface area contributed by atoms with Crippen molar-refractivity contribution in [3.8, 4) is 50.5 Å². The van der Waals surface area contributed by atoms with Gasteiger partial charge >= 0.3 is 0 Å². The molecule has 3 aliphatic carbocycles. The van der Waals surface area contributed by atoms with Gasteiger partial charge in [-0.1, -0.05) is 173 Å². The Hall–Kier alpha value is -7.11. The smallest absolute Gasteiger partial charge is 0.198 e. The van der Waals surface area contributed by atoms with Crippen LogP contribution in [0.15, 0.2) is 140 Å². The summed E-state index contributed by atoms with van der Waals surface area (Å²) >= 11 is 0. The Morgan fingerprint density at radius 2 is 1.22 bits per heavy atom. The quantitative estimate of drug-likeness (QED) is 0.178. The molecule has 2 aromatic heterocycles. The third-order valence-corrected chi connectivity index (χ3v) is 18.3. The second-order valence-corrected chi connectivity index (χ2v) is 25.4. The van der Waals surface area contributed by atoms with Gasteiger partial charge in [0.25, 0.3) is 0 Å². The van der Waals surface area contributed by atoms with E-state index >= 15 is 0 Å². The van der Waals surface area contributed by atoms with Gasteiger partial charge in [-0.3, -0.25) is 0 Å². The van der Waals surface area contributed by atoms with Gasteiger partial charge < -0.3 is 14.5 Å². The molecule has 359 valence electrons. The van der Waals surface area contributed by atoms with Crippen LogP contribution in [0, 0.1) is 0 Å². The lowest BCUT2D eigenvalue weighted by molar-refractivity contribution is 0.332. The van der Waals surface area contributed by atoms with Crippen molar-refractivity contribution in [2.45, 2.75) is 116 Å². The van der Waals surface area contributed by atoms with Crippen molar-refractivity contribution in [3.63, 3.8) is 0 Å². The van der Waals surface area contributed by atoms with Gasteiger partial charge in [0, 0.05) is 62.4 Å². The van der Waals surface area contributed by atoms with E-state index in [0.29, 0.717) is 0 Å². The van der Waals surface area contributed by atoms with Crippen LogP contribution in [0.1, 0.15) is 128 Å². The molecule has 0 fully saturated rings. The number of benzene rings is 8. The summed E-state index contributed by atoms with van der Waals surface area (Å²) in [6.45, 7) is 26.5. The van der Waals surface area contributed by atoms with Crippen LogP contribution in [-0.2, 0) is 34.1 Å². The lowest BCUT2D eigenvalue weighted by Crippen LogP contribution is -2.38. The number of hydrogen-bond acceptors (Lipinski definition) is 2. The highest BCUT2D eigenvalue weighted by Gasteiger charge is 2.45. The Morgan fingerprint density at radius 1 is 0.575 bits per heavy atom. The van der Waals surface area contributed by atoms with Gasteiger partial charge in [0.05, 0.1) is 16.6 Å². The lowest BCUT2D eigenvalue weighted by atomic mass is 9.57. The number of aromatic nitrogens is 3. The minimum Gasteiger partial charge on any atom is -0.355 e. The molecule has 14 rings (SSSR count). The molecule has 10 aromatic rings. The van der Waals surface area contributed by atoms with Crippen molar-refractivity contribution in [2.75, 3.05) is 5.32 Å². The minimum atomic E-state index is -0.304. The largest absolute Gasteiger partial charge is 0.355 e. The second-order valence-electron chi connectivity index (χ2n) is 25.4. The van der Waals surface area contributed by atoms with Crippen LogP contribution in [0.25, 0.3) is 83.3 Å². The molecule has 8 aromatic carbocycles. The molecule has 73 heavy (non-hydrogen) atoms.